The average molecular weight is 1040 g/mol. The van der Waals surface area contributed by atoms with E-state index in [4.69, 9.17) is 9.05 Å². The van der Waals surface area contributed by atoms with Crippen molar-refractivity contribution in [3.63, 3.8) is 0 Å². The Balaban J connectivity index is 4.05. The number of hydrogen-bond acceptors (Lipinski definition) is 6. The summed E-state index contributed by atoms with van der Waals surface area (Å²) in [5.41, 5.74) is 0. The van der Waals surface area contributed by atoms with Crippen LogP contribution in [0, 0.1) is 0 Å². The number of carbonyl (C=O) groups is 1. The quantitative estimate of drug-likeness (QED) is 0.0357. The molecule has 432 valence electrons. The molecule has 8 nitrogen and oxygen atoms in total. The van der Waals surface area contributed by atoms with E-state index in [1.807, 2.05) is 21.1 Å². The van der Waals surface area contributed by atoms with Gasteiger partial charge in [0.1, 0.15) is 13.2 Å². The Morgan fingerprint density at radius 2 is 0.681 bits per heavy atom. The number of likely N-dealkylation sites (N-methyl/N-ethyl adjacent to an activating group) is 1. The van der Waals surface area contributed by atoms with Crippen molar-refractivity contribution in [2.75, 3.05) is 40.9 Å². The fourth-order valence-corrected chi connectivity index (χ4v) is 11.0. The molecule has 0 bridgehead atoms. The smallest absolute Gasteiger partial charge is 0.268 e. The molecule has 0 aliphatic rings. The summed E-state index contributed by atoms with van der Waals surface area (Å²) in [6, 6.07) is -0.796. The first-order valence-electron chi connectivity index (χ1n) is 32.4. The monoisotopic (exact) mass is 1040 g/mol. The number of amides is 1. The summed E-state index contributed by atoms with van der Waals surface area (Å²) in [4.78, 5) is 25.6. The van der Waals surface area contributed by atoms with Crippen LogP contribution in [0.15, 0.2) is 0 Å². The van der Waals surface area contributed by atoms with Crippen LogP contribution in [0.4, 0.5) is 0 Å². The number of phosphoric acid groups is 1. The zero-order valence-electron chi connectivity index (χ0n) is 49.4. The standard InChI is InChI=1S/C63H129N2O6P/c1-6-8-10-12-14-16-18-20-22-24-26-28-30-32-34-36-38-40-42-44-46-48-50-52-54-56-62(66)61(60-71-72(68,69)70-59-58-65(3,4)5)64-63(67)57-55-53-51-49-47-45-43-41-39-37-35-33-31-29-27-25-23-21-19-17-15-13-11-9-7-2/h61-62,66H,6-60H2,1-5H3,(H-,64,67,68,69). The lowest BCUT2D eigenvalue weighted by atomic mass is 10.0. The number of nitrogens with one attached hydrogen (secondary N) is 1. The van der Waals surface area contributed by atoms with E-state index >= 15 is 0 Å². The van der Waals surface area contributed by atoms with Crippen LogP contribution < -0.4 is 10.2 Å². The van der Waals surface area contributed by atoms with E-state index in [0.29, 0.717) is 23.9 Å². The number of nitrogens with zero attached hydrogens (tertiary/aromatic N) is 1. The van der Waals surface area contributed by atoms with Crippen molar-refractivity contribution >= 4 is 13.7 Å². The van der Waals surface area contributed by atoms with Gasteiger partial charge >= 0.3 is 0 Å². The highest BCUT2D eigenvalue weighted by molar-refractivity contribution is 7.45. The molecule has 9 heteroatoms. The molecule has 0 aliphatic carbocycles. The van der Waals surface area contributed by atoms with Gasteiger partial charge in [0.2, 0.25) is 5.91 Å². The highest BCUT2D eigenvalue weighted by atomic mass is 31.2. The number of quaternary nitrogens is 1. The summed E-state index contributed by atoms with van der Waals surface area (Å²) < 4.78 is 23.5. The molecule has 0 saturated carbocycles. The van der Waals surface area contributed by atoms with Gasteiger partial charge in [-0.05, 0) is 12.8 Å². The average Bonchev–Trinajstić information content (AvgIpc) is 3.34. The van der Waals surface area contributed by atoms with Crippen LogP contribution in [0.5, 0.6) is 0 Å². The minimum atomic E-state index is -4.57. The third-order valence-corrected chi connectivity index (χ3v) is 16.3. The molecule has 0 rings (SSSR count). The Bertz CT molecular complexity index is 1140. The van der Waals surface area contributed by atoms with Gasteiger partial charge in [-0.15, -0.1) is 0 Å². The summed E-state index contributed by atoms with van der Waals surface area (Å²) in [5.74, 6) is -0.154. The van der Waals surface area contributed by atoms with Gasteiger partial charge in [0.15, 0.2) is 0 Å². The van der Waals surface area contributed by atoms with E-state index in [1.54, 1.807) is 0 Å². The Morgan fingerprint density at radius 3 is 0.944 bits per heavy atom. The molecular weight excluding hydrogens is 912 g/mol. The number of unbranched alkanes of at least 4 members (excludes halogenated alkanes) is 48. The van der Waals surface area contributed by atoms with Gasteiger partial charge in [0.25, 0.3) is 7.82 Å². The highest BCUT2D eigenvalue weighted by Crippen LogP contribution is 2.38. The van der Waals surface area contributed by atoms with Gasteiger partial charge in [0, 0.05) is 6.42 Å². The fraction of sp³-hybridized carbons (Fsp3) is 0.984. The summed E-state index contributed by atoms with van der Waals surface area (Å²) >= 11 is 0. The second-order valence-corrected chi connectivity index (χ2v) is 25.3. The molecule has 3 unspecified atom stereocenters. The maximum Gasteiger partial charge on any atom is 0.268 e. The van der Waals surface area contributed by atoms with Gasteiger partial charge in [0.05, 0.1) is 39.9 Å². The van der Waals surface area contributed by atoms with Crippen LogP contribution in [0.2, 0.25) is 0 Å². The molecular formula is C63H129N2O6P. The lowest BCUT2D eigenvalue weighted by Crippen LogP contribution is -2.46. The highest BCUT2D eigenvalue weighted by Gasteiger charge is 2.24. The number of rotatable bonds is 61. The van der Waals surface area contributed by atoms with Crippen LogP contribution in [0.25, 0.3) is 0 Å². The second kappa shape index (κ2) is 55.3. The van der Waals surface area contributed by atoms with E-state index in [9.17, 15) is 19.4 Å². The molecule has 0 spiro atoms. The molecule has 0 fully saturated rings. The van der Waals surface area contributed by atoms with Crippen molar-refractivity contribution < 1.29 is 32.9 Å². The van der Waals surface area contributed by atoms with E-state index in [2.05, 4.69) is 19.2 Å². The zero-order chi connectivity index (χ0) is 52.7. The van der Waals surface area contributed by atoms with Gasteiger partial charge in [-0.25, -0.2) is 0 Å². The minimum absolute atomic E-state index is 0.0169. The lowest BCUT2D eigenvalue weighted by molar-refractivity contribution is -0.870. The maximum atomic E-state index is 13.0. The van der Waals surface area contributed by atoms with Crippen LogP contribution in [-0.2, 0) is 18.4 Å². The van der Waals surface area contributed by atoms with Gasteiger partial charge < -0.3 is 28.8 Å². The third-order valence-electron chi connectivity index (χ3n) is 15.3. The SMILES string of the molecule is CCCCCCCCCCCCCCCCCCCCCCCCCCCC(=O)NC(COP(=O)([O-])OCC[N+](C)(C)C)C(O)CCCCCCCCCCCCCCCCCCCCCCCCCCC. The van der Waals surface area contributed by atoms with Crippen LogP contribution in [0.1, 0.15) is 348 Å². The Morgan fingerprint density at radius 1 is 0.431 bits per heavy atom. The summed E-state index contributed by atoms with van der Waals surface area (Å²) in [5, 5.41) is 14.1. The summed E-state index contributed by atoms with van der Waals surface area (Å²) in [7, 11) is 1.33. The van der Waals surface area contributed by atoms with Crippen LogP contribution in [0.3, 0.4) is 0 Å². The van der Waals surface area contributed by atoms with Crippen molar-refractivity contribution in [3.8, 4) is 0 Å². The van der Waals surface area contributed by atoms with Crippen molar-refractivity contribution in [1.82, 2.24) is 5.32 Å². The molecule has 0 aromatic heterocycles. The van der Waals surface area contributed by atoms with Crippen molar-refractivity contribution in [2.24, 2.45) is 0 Å². The van der Waals surface area contributed by atoms with Crippen molar-refractivity contribution in [3.05, 3.63) is 0 Å². The molecule has 2 N–H and O–H groups in total. The largest absolute Gasteiger partial charge is 0.756 e. The molecule has 0 heterocycles. The molecule has 0 aliphatic heterocycles. The zero-order valence-corrected chi connectivity index (χ0v) is 50.3. The number of aliphatic hydroxyl groups excluding tert-OH is 1. The summed E-state index contributed by atoms with van der Waals surface area (Å²) in [6.45, 7) is 4.79. The number of phosphoric ester groups is 1. The molecule has 1 amide bonds. The maximum absolute atomic E-state index is 13.0. The molecule has 0 aromatic rings. The molecule has 0 aromatic carbocycles. The number of aliphatic hydroxyl groups is 1. The Hall–Kier alpha value is -0.500. The van der Waals surface area contributed by atoms with Crippen LogP contribution in [-0.4, -0.2) is 68.5 Å². The minimum Gasteiger partial charge on any atom is -0.756 e. The first kappa shape index (κ1) is 71.5. The van der Waals surface area contributed by atoms with E-state index in [-0.39, 0.29) is 19.1 Å². The van der Waals surface area contributed by atoms with E-state index in [1.165, 1.54) is 283 Å². The fourth-order valence-electron chi connectivity index (χ4n) is 10.3. The van der Waals surface area contributed by atoms with Crippen LogP contribution >= 0.6 is 7.82 Å². The van der Waals surface area contributed by atoms with E-state index < -0.39 is 20.0 Å². The first-order valence-corrected chi connectivity index (χ1v) is 33.8. The normalized spacial score (nSPS) is 13.7. The number of carbonyl (C=O) groups excluding carboxylic acids is 1. The molecule has 0 radical (unpaired) electrons. The Labute approximate surface area is 450 Å². The number of hydrogen-bond donors (Lipinski definition) is 2. The topological polar surface area (TPSA) is 108 Å². The second-order valence-electron chi connectivity index (χ2n) is 23.8. The third kappa shape index (κ3) is 57.2. The van der Waals surface area contributed by atoms with E-state index in [0.717, 1.165) is 38.5 Å². The predicted octanol–water partition coefficient (Wildman–Crippen LogP) is 19.4. The van der Waals surface area contributed by atoms with Gasteiger partial charge in [-0.2, -0.15) is 0 Å². The molecule has 0 saturated heterocycles. The lowest BCUT2D eigenvalue weighted by Gasteiger charge is -2.30. The summed E-state index contributed by atoms with van der Waals surface area (Å²) in [6.07, 6.45) is 67.3. The Kier molecular flexibility index (Phi) is 54.9. The molecule has 72 heavy (non-hydrogen) atoms. The van der Waals surface area contributed by atoms with Crippen molar-refractivity contribution in [1.29, 1.82) is 0 Å². The molecule has 3 atom stereocenters. The first-order chi connectivity index (χ1) is 35.0. The van der Waals surface area contributed by atoms with Crippen molar-refractivity contribution in [2.45, 2.75) is 360 Å². The predicted molar refractivity (Wildman–Crippen MR) is 312 cm³/mol. The van der Waals surface area contributed by atoms with Gasteiger partial charge in [-0.1, -0.05) is 328 Å². The van der Waals surface area contributed by atoms with Gasteiger partial charge in [-0.3, -0.25) is 9.36 Å².